The number of nitrogens with one attached hydrogen (secondary N) is 1. The van der Waals surface area contributed by atoms with Crippen molar-refractivity contribution in [2.75, 3.05) is 13.7 Å². The van der Waals surface area contributed by atoms with E-state index >= 15 is 0 Å². The van der Waals surface area contributed by atoms with Crippen LogP contribution in [0.25, 0.3) is 11.3 Å². The molecule has 0 unspecified atom stereocenters. The SMILES string of the molecule is CNCc1cc(-c2ccc3c(c2)CCO3)nn1C. The van der Waals surface area contributed by atoms with Gasteiger partial charge in [-0.15, -0.1) is 0 Å². The number of benzene rings is 1. The number of aromatic nitrogens is 2. The number of hydrogen-bond acceptors (Lipinski definition) is 3. The minimum absolute atomic E-state index is 0.798. The first-order valence-corrected chi connectivity index (χ1v) is 6.21. The third kappa shape index (κ3) is 1.88. The maximum Gasteiger partial charge on any atom is 0.122 e. The third-order valence-electron chi connectivity index (χ3n) is 3.32. The Morgan fingerprint density at radius 2 is 2.28 bits per heavy atom. The van der Waals surface area contributed by atoms with E-state index < -0.39 is 0 Å². The highest BCUT2D eigenvalue weighted by Crippen LogP contribution is 2.30. The van der Waals surface area contributed by atoms with Gasteiger partial charge in [-0.3, -0.25) is 4.68 Å². The summed E-state index contributed by atoms with van der Waals surface area (Å²) in [5, 5.41) is 7.71. The Morgan fingerprint density at radius 1 is 1.39 bits per heavy atom. The lowest BCUT2D eigenvalue weighted by Gasteiger charge is -2.01. The lowest BCUT2D eigenvalue weighted by atomic mass is 10.1. The molecule has 0 atom stereocenters. The summed E-state index contributed by atoms with van der Waals surface area (Å²) in [6.45, 7) is 1.63. The molecule has 0 aliphatic carbocycles. The number of aryl methyl sites for hydroxylation is 1. The second-order valence-corrected chi connectivity index (χ2v) is 4.60. The number of rotatable bonds is 3. The van der Waals surface area contributed by atoms with Crippen molar-refractivity contribution in [3.8, 4) is 17.0 Å². The van der Waals surface area contributed by atoms with E-state index in [0.717, 1.165) is 36.6 Å². The molecule has 4 nitrogen and oxygen atoms in total. The molecule has 2 heterocycles. The van der Waals surface area contributed by atoms with Crippen molar-refractivity contribution in [2.45, 2.75) is 13.0 Å². The van der Waals surface area contributed by atoms with Gasteiger partial charge >= 0.3 is 0 Å². The van der Waals surface area contributed by atoms with E-state index in [0.29, 0.717) is 0 Å². The van der Waals surface area contributed by atoms with Gasteiger partial charge < -0.3 is 10.1 Å². The van der Waals surface area contributed by atoms with Crippen molar-refractivity contribution in [1.29, 1.82) is 0 Å². The van der Waals surface area contributed by atoms with Crippen molar-refractivity contribution in [2.24, 2.45) is 7.05 Å². The summed E-state index contributed by atoms with van der Waals surface area (Å²) >= 11 is 0. The van der Waals surface area contributed by atoms with E-state index in [1.54, 1.807) is 0 Å². The fourth-order valence-electron chi connectivity index (χ4n) is 2.34. The Kier molecular flexibility index (Phi) is 2.80. The van der Waals surface area contributed by atoms with Crippen molar-refractivity contribution in [1.82, 2.24) is 15.1 Å². The zero-order valence-electron chi connectivity index (χ0n) is 10.7. The van der Waals surface area contributed by atoms with Crippen LogP contribution in [0, 0.1) is 0 Å². The Balaban J connectivity index is 1.97. The monoisotopic (exact) mass is 243 g/mol. The van der Waals surface area contributed by atoms with Crippen LogP contribution < -0.4 is 10.1 Å². The predicted molar refractivity (Wildman–Crippen MR) is 70.6 cm³/mol. The van der Waals surface area contributed by atoms with Crippen molar-refractivity contribution >= 4 is 0 Å². The maximum absolute atomic E-state index is 5.52. The fraction of sp³-hybridized carbons (Fsp3) is 0.357. The summed E-state index contributed by atoms with van der Waals surface area (Å²) < 4.78 is 7.45. The molecule has 1 N–H and O–H groups in total. The van der Waals surface area contributed by atoms with E-state index in [4.69, 9.17) is 4.74 Å². The average molecular weight is 243 g/mol. The smallest absolute Gasteiger partial charge is 0.122 e. The third-order valence-corrected chi connectivity index (χ3v) is 3.32. The van der Waals surface area contributed by atoms with Crippen LogP contribution in [0.4, 0.5) is 0 Å². The number of fused-ring (bicyclic) bond motifs is 1. The highest BCUT2D eigenvalue weighted by molar-refractivity contribution is 5.63. The molecule has 0 saturated carbocycles. The Hall–Kier alpha value is -1.81. The van der Waals surface area contributed by atoms with Gasteiger partial charge in [0, 0.05) is 25.6 Å². The molecule has 0 radical (unpaired) electrons. The van der Waals surface area contributed by atoms with Gasteiger partial charge in [-0.1, -0.05) is 0 Å². The van der Waals surface area contributed by atoms with Gasteiger partial charge in [0.05, 0.1) is 18.0 Å². The van der Waals surface area contributed by atoms with Crippen LogP contribution in [0.3, 0.4) is 0 Å². The topological polar surface area (TPSA) is 39.1 Å². The quantitative estimate of drug-likeness (QED) is 0.892. The first-order valence-electron chi connectivity index (χ1n) is 6.21. The normalized spacial score (nSPS) is 13.4. The van der Waals surface area contributed by atoms with Crippen LogP contribution in [0.2, 0.25) is 0 Å². The molecule has 94 valence electrons. The van der Waals surface area contributed by atoms with Crippen LogP contribution in [0.1, 0.15) is 11.3 Å². The van der Waals surface area contributed by atoms with E-state index in [1.807, 2.05) is 24.8 Å². The molecule has 18 heavy (non-hydrogen) atoms. The zero-order valence-corrected chi connectivity index (χ0v) is 10.7. The Labute approximate surface area is 107 Å². The van der Waals surface area contributed by atoms with Gasteiger partial charge in [0.1, 0.15) is 5.75 Å². The molecule has 4 heteroatoms. The molecule has 1 aromatic carbocycles. The summed E-state index contributed by atoms with van der Waals surface area (Å²) in [6.07, 6.45) is 0.999. The summed E-state index contributed by atoms with van der Waals surface area (Å²) in [4.78, 5) is 0. The molecule has 0 fully saturated rings. The van der Waals surface area contributed by atoms with Gasteiger partial charge in [0.15, 0.2) is 0 Å². The number of nitrogens with zero attached hydrogens (tertiary/aromatic N) is 2. The second kappa shape index (κ2) is 4.46. The molecule has 2 aromatic rings. The van der Waals surface area contributed by atoms with E-state index in [9.17, 15) is 0 Å². The minimum atomic E-state index is 0.798. The fourth-order valence-corrected chi connectivity index (χ4v) is 2.34. The first-order chi connectivity index (χ1) is 8.78. The minimum Gasteiger partial charge on any atom is -0.493 e. The van der Waals surface area contributed by atoms with E-state index in [-0.39, 0.29) is 0 Å². The molecule has 0 amide bonds. The van der Waals surface area contributed by atoms with Crippen LogP contribution in [-0.2, 0) is 20.0 Å². The zero-order chi connectivity index (χ0) is 12.5. The van der Waals surface area contributed by atoms with Crippen molar-refractivity contribution in [3.63, 3.8) is 0 Å². The Morgan fingerprint density at radius 3 is 3.11 bits per heavy atom. The van der Waals surface area contributed by atoms with Crippen LogP contribution >= 0.6 is 0 Å². The van der Waals surface area contributed by atoms with E-state index in [2.05, 4.69) is 28.6 Å². The van der Waals surface area contributed by atoms with Crippen LogP contribution in [0.5, 0.6) is 5.75 Å². The predicted octanol–water partition coefficient (Wildman–Crippen LogP) is 1.74. The molecular weight excluding hydrogens is 226 g/mol. The van der Waals surface area contributed by atoms with E-state index in [1.165, 1.54) is 11.3 Å². The summed E-state index contributed by atoms with van der Waals surface area (Å²) in [7, 11) is 3.92. The number of ether oxygens (including phenoxy) is 1. The highest BCUT2D eigenvalue weighted by Gasteiger charge is 2.14. The molecule has 3 rings (SSSR count). The standard InChI is InChI=1S/C14H17N3O/c1-15-9-12-8-13(16-17(12)2)10-3-4-14-11(7-10)5-6-18-14/h3-4,7-8,15H,5-6,9H2,1-2H3. The largest absolute Gasteiger partial charge is 0.493 e. The van der Waals surface area contributed by atoms with Crippen molar-refractivity contribution in [3.05, 3.63) is 35.5 Å². The lowest BCUT2D eigenvalue weighted by Crippen LogP contribution is -2.09. The van der Waals surface area contributed by atoms with Crippen LogP contribution in [0.15, 0.2) is 24.3 Å². The Bertz CT molecular complexity index is 574. The maximum atomic E-state index is 5.52. The first kappa shape index (κ1) is 11.3. The molecule has 1 aliphatic rings. The molecular formula is C14H17N3O. The number of hydrogen-bond donors (Lipinski definition) is 1. The molecule has 0 spiro atoms. The summed E-state index contributed by atoms with van der Waals surface area (Å²) in [6, 6.07) is 8.45. The lowest BCUT2D eigenvalue weighted by molar-refractivity contribution is 0.357. The second-order valence-electron chi connectivity index (χ2n) is 4.60. The highest BCUT2D eigenvalue weighted by atomic mass is 16.5. The summed E-state index contributed by atoms with van der Waals surface area (Å²) in [5.74, 6) is 1.02. The molecule has 0 saturated heterocycles. The van der Waals surface area contributed by atoms with Gasteiger partial charge in [-0.25, -0.2) is 0 Å². The van der Waals surface area contributed by atoms with Gasteiger partial charge in [-0.2, -0.15) is 5.10 Å². The molecule has 0 bridgehead atoms. The van der Waals surface area contributed by atoms with Crippen molar-refractivity contribution < 1.29 is 4.74 Å². The molecule has 1 aliphatic heterocycles. The molecule has 1 aromatic heterocycles. The van der Waals surface area contributed by atoms with Gasteiger partial charge in [0.2, 0.25) is 0 Å². The van der Waals surface area contributed by atoms with Gasteiger partial charge in [0.25, 0.3) is 0 Å². The van der Waals surface area contributed by atoms with Crippen LogP contribution in [-0.4, -0.2) is 23.4 Å². The average Bonchev–Trinajstić information content (AvgIpc) is 2.96. The van der Waals surface area contributed by atoms with Gasteiger partial charge in [-0.05, 0) is 36.9 Å². The summed E-state index contributed by atoms with van der Waals surface area (Å²) in [5.41, 5.74) is 4.66.